The summed E-state index contributed by atoms with van der Waals surface area (Å²) >= 11 is 0. The Balaban J connectivity index is 1.64. The Bertz CT molecular complexity index is 1300. The Labute approximate surface area is 193 Å². The van der Waals surface area contributed by atoms with Crippen molar-refractivity contribution in [2.24, 2.45) is 5.92 Å². The first-order chi connectivity index (χ1) is 15.9. The van der Waals surface area contributed by atoms with Crippen LogP contribution in [0.5, 0.6) is 5.75 Å². The molecule has 166 valence electrons. The van der Waals surface area contributed by atoms with Crippen molar-refractivity contribution < 1.29 is 14.3 Å². The highest BCUT2D eigenvalue weighted by Gasteiger charge is 2.65. The first-order valence-corrected chi connectivity index (χ1v) is 11.4. The Morgan fingerprint density at radius 1 is 0.970 bits per heavy atom. The topological polar surface area (TPSA) is 58.6 Å². The predicted octanol–water partition coefficient (Wildman–Crippen LogP) is 5.00. The molecule has 0 unspecified atom stereocenters. The summed E-state index contributed by atoms with van der Waals surface area (Å²) in [4.78, 5) is 30.1. The van der Waals surface area contributed by atoms with Gasteiger partial charge in [-0.2, -0.15) is 0 Å². The Kier molecular flexibility index (Phi) is 4.22. The van der Waals surface area contributed by atoms with Crippen molar-refractivity contribution in [3.8, 4) is 5.75 Å². The molecule has 6 rings (SSSR count). The van der Waals surface area contributed by atoms with Crippen LogP contribution in [0.2, 0.25) is 0 Å². The summed E-state index contributed by atoms with van der Waals surface area (Å²) in [5.41, 5.74) is 4.15. The summed E-state index contributed by atoms with van der Waals surface area (Å²) < 4.78 is 6.22. The summed E-state index contributed by atoms with van der Waals surface area (Å²) in [5, 5.41) is 3.09. The van der Waals surface area contributed by atoms with E-state index in [4.69, 9.17) is 4.74 Å². The highest BCUT2D eigenvalue weighted by Crippen LogP contribution is 2.59. The van der Waals surface area contributed by atoms with Crippen LogP contribution in [0.4, 0.5) is 5.69 Å². The molecule has 3 heterocycles. The van der Waals surface area contributed by atoms with Crippen LogP contribution in [0.1, 0.15) is 51.5 Å². The molecule has 1 fully saturated rings. The number of carbonyl (C=O) groups is 2. The first-order valence-electron chi connectivity index (χ1n) is 11.4. The van der Waals surface area contributed by atoms with Crippen molar-refractivity contribution in [2.45, 2.75) is 38.3 Å². The van der Waals surface area contributed by atoms with Crippen molar-refractivity contribution >= 4 is 17.5 Å². The number of rotatable bonds is 1. The number of nitrogens with zero attached hydrogens (tertiary/aromatic N) is 1. The molecule has 33 heavy (non-hydrogen) atoms. The van der Waals surface area contributed by atoms with Gasteiger partial charge >= 0.3 is 0 Å². The average Bonchev–Trinajstić information content (AvgIpc) is 3.06. The van der Waals surface area contributed by atoms with Crippen LogP contribution in [-0.2, 0) is 4.79 Å². The van der Waals surface area contributed by atoms with E-state index in [9.17, 15) is 9.59 Å². The van der Waals surface area contributed by atoms with E-state index in [-0.39, 0.29) is 29.7 Å². The fourth-order valence-corrected chi connectivity index (χ4v) is 6.15. The quantitative estimate of drug-likeness (QED) is 0.581. The van der Waals surface area contributed by atoms with Crippen molar-refractivity contribution in [3.05, 3.63) is 94.5 Å². The number of aryl methyl sites for hydroxylation is 2. The van der Waals surface area contributed by atoms with Crippen LogP contribution < -0.4 is 10.1 Å². The fourth-order valence-electron chi connectivity index (χ4n) is 6.15. The summed E-state index contributed by atoms with van der Waals surface area (Å²) in [5.74, 6) is 0.262. The van der Waals surface area contributed by atoms with Crippen LogP contribution in [0.25, 0.3) is 0 Å². The number of hydrogen-bond acceptors (Lipinski definition) is 3. The van der Waals surface area contributed by atoms with Gasteiger partial charge in [0.25, 0.3) is 11.8 Å². The number of amides is 2. The average molecular weight is 439 g/mol. The molecule has 3 aromatic carbocycles. The van der Waals surface area contributed by atoms with Gasteiger partial charge in [-0.1, -0.05) is 59.7 Å². The van der Waals surface area contributed by atoms with Gasteiger partial charge in [-0.3, -0.25) is 9.59 Å². The van der Waals surface area contributed by atoms with Gasteiger partial charge in [0.15, 0.2) is 0 Å². The van der Waals surface area contributed by atoms with Crippen LogP contribution in [0, 0.1) is 19.8 Å². The number of ether oxygens (including phenoxy) is 1. The minimum Gasteiger partial charge on any atom is -0.493 e. The maximum atomic E-state index is 14.2. The van der Waals surface area contributed by atoms with Gasteiger partial charge in [0.2, 0.25) is 0 Å². The molecule has 5 nitrogen and oxygen atoms in total. The Morgan fingerprint density at radius 3 is 2.48 bits per heavy atom. The first kappa shape index (κ1) is 20.0. The van der Waals surface area contributed by atoms with E-state index in [0.29, 0.717) is 17.9 Å². The molecule has 1 N–H and O–H groups in total. The number of hydrogen-bond donors (Lipinski definition) is 1. The van der Waals surface area contributed by atoms with Crippen LogP contribution in [0.3, 0.4) is 0 Å². The summed E-state index contributed by atoms with van der Waals surface area (Å²) in [7, 11) is 0. The molecular formula is C28H26N2O3. The lowest BCUT2D eigenvalue weighted by atomic mass is 9.73. The monoisotopic (exact) mass is 438 g/mol. The van der Waals surface area contributed by atoms with E-state index in [1.807, 2.05) is 74.2 Å². The van der Waals surface area contributed by atoms with E-state index in [2.05, 4.69) is 23.5 Å². The van der Waals surface area contributed by atoms with Crippen molar-refractivity contribution in [2.75, 3.05) is 11.9 Å². The van der Waals surface area contributed by atoms with Crippen molar-refractivity contribution in [1.82, 2.24) is 4.90 Å². The fraction of sp³-hybridized carbons (Fsp3) is 0.286. The normalized spacial score (nSPS) is 27.5. The lowest BCUT2D eigenvalue weighted by Gasteiger charge is -2.38. The summed E-state index contributed by atoms with van der Waals surface area (Å²) in [6.45, 7) is 6.38. The van der Waals surface area contributed by atoms with Crippen LogP contribution >= 0.6 is 0 Å². The van der Waals surface area contributed by atoms with Gasteiger partial charge in [-0.05, 0) is 44.5 Å². The van der Waals surface area contributed by atoms with Crippen molar-refractivity contribution in [1.29, 1.82) is 0 Å². The van der Waals surface area contributed by atoms with Gasteiger partial charge in [0, 0.05) is 17.4 Å². The number of fused-ring (bicyclic) bond motifs is 6. The molecular weight excluding hydrogens is 412 g/mol. The second-order valence-electron chi connectivity index (χ2n) is 9.68. The smallest absolute Gasteiger partial charge is 0.257 e. The molecule has 0 spiro atoms. The number of benzene rings is 3. The third-order valence-electron chi connectivity index (χ3n) is 7.62. The second kappa shape index (κ2) is 6.95. The highest BCUT2D eigenvalue weighted by molar-refractivity contribution is 6.12. The van der Waals surface area contributed by atoms with Gasteiger partial charge in [0.05, 0.1) is 23.9 Å². The highest BCUT2D eigenvalue weighted by atomic mass is 16.5. The van der Waals surface area contributed by atoms with E-state index in [1.54, 1.807) is 0 Å². The zero-order chi connectivity index (χ0) is 22.9. The number of nitrogens with one attached hydrogen (secondary N) is 1. The number of carbonyl (C=O) groups excluding carboxylic acids is 2. The van der Waals surface area contributed by atoms with E-state index in [0.717, 1.165) is 28.0 Å². The minimum atomic E-state index is -1.07. The molecule has 3 aliphatic rings. The molecule has 3 aromatic rings. The number of anilines is 1. The molecule has 0 bridgehead atoms. The molecule has 1 saturated heterocycles. The molecule has 0 aromatic heterocycles. The zero-order valence-electron chi connectivity index (χ0n) is 19.0. The Morgan fingerprint density at radius 2 is 1.70 bits per heavy atom. The lowest BCUT2D eigenvalue weighted by molar-refractivity contribution is -0.125. The third-order valence-corrected chi connectivity index (χ3v) is 7.62. The molecule has 0 aliphatic carbocycles. The third kappa shape index (κ3) is 2.71. The van der Waals surface area contributed by atoms with Crippen LogP contribution in [0.15, 0.2) is 66.7 Å². The van der Waals surface area contributed by atoms with E-state index in [1.165, 1.54) is 0 Å². The van der Waals surface area contributed by atoms with E-state index < -0.39 is 5.54 Å². The SMILES string of the molecule is Cc1ccc2c(c1)C(=O)N1[C@H]3c4cc(C)ccc4OC[C@@H]3[C@H](c3ccccc3)[C@]1(C)C(=O)N2. The molecule has 0 radical (unpaired) electrons. The maximum Gasteiger partial charge on any atom is 0.257 e. The standard InChI is InChI=1S/C28H26N2O3/c1-16-9-11-22-19(13-16)26(31)30-25-20-14-17(2)10-12-23(20)33-15-21(25)24(18-7-5-4-6-8-18)28(30,3)27(32)29-22/h4-14,21,24-25H,15H2,1-3H3,(H,29,32)/t21-,24+,25+,28-/m1/s1. The minimum absolute atomic E-state index is 0.0484. The second-order valence-corrected chi connectivity index (χ2v) is 9.68. The molecule has 4 atom stereocenters. The van der Waals surface area contributed by atoms with Gasteiger partial charge in [0.1, 0.15) is 11.3 Å². The molecule has 0 saturated carbocycles. The van der Waals surface area contributed by atoms with E-state index >= 15 is 0 Å². The van der Waals surface area contributed by atoms with Gasteiger partial charge < -0.3 is 15.0 Å². The largest absolute Gasteiger partial charge is 0.493 e. The molecule has 5 heteroatoms. The lowest BCUT2D eigenvalue weighted by Crippen LogP contribution is -2.54. The molecule has 3 aliphatic heterocycles. The summed E-state index contributed by atoms with van der Waals surface area (Å²) in [6, 6.07) is 21.6. The Hall–Kier alpha value is -3.60. The van der Waals surface area contributed by atoms with Gasteiger partial charge in [-0.15, -0.1) is 0 Å². The predicted molar refractivity (Wildman–Crippen MR) is 126 cm³/mol. The summed E-state index contributed by atoms with van der Waals surface area (Å²) in [6.07, 6.45) is 0. The van der Waals surface area contributed by atoms with Crippen molar-refractivity contribution in [3.63, 3.8) is 0 Å². The maximum absolute atomic E-state index is 14.2. The zero-order valence-corrected chi connectivity index (χ0v) is 19.0. The molecule has 2 amide bonds. The van der Waals surface area contributed by atoms with Gasteiger partial charge in [-0.25, -0.2) is 0 Å². The van der Waals surface area contributed by atoms with Crippen LogP contribution in [-0.4, -0.2) is 28.9 Å².